The van der Waals surface area contributed by atoms with E-state index in [-0.39, 0.29) is 5.92 Å². The molecule has 7 aromatic rings. The molecule has 0 saturated heterocycles. The molecule has 38 heavy (non-hydrogen) atoms. The van der Waals surface area contributed by atoms with Crippen LogP contribution >= 0.6 is 45.2 Å². The Morgan fingerprint density at radius 1 is 0.447 bits per heavy atom. The molecule has 0 aliphatic heterocycles. The maximum absolute atomic E-state index is 11.5. The molecule has 7 rings (SSSR count). The molecule has 0 amide bonds. The van der Waals surface area contributed by atoms with Gasteiger partial charge in [-0.3, -0.25) is 0 Å². The summed E-state index contributed by atoms with van der Waals surface area (Å²) in [5, 5.41) is 21.3. The lowest BCUT2D eigenvalue weighted by Gasteiger charge is -2.24. The number of fused-ring (bicyclic) bond motifs is 6. The first-order chi connectivity index (χ1) is 18.6. The van der Waals surface area contributed by atoms with Crippen LogP contribution in [0.2, 0.25) is 0 Å². The molecule has 182 valence electrons. The predicted molar refractivity (Wildman–Crippen MR) is 177 cm³/mol. The van der Waals surface area contributed by atoms with Crippen molar-refractivity contribution in [2.75, 3.05) is 0 Å². The molecule has 0 aliphatic rings. The summed E-state index contributed by atoms with van der Waals surface area (Å²) in [7, 11) is 0. The number of aromatic hydroxyl groups is 1. The van der Waals surface area contributed by atoms with E-state index in [1.54, 1.807) is 0 Å². The highest BCUT2D eigenvalue weighted by Gasteiger charge is 2.26. The van der Waals surface area contributed by atoms with Crippen LogP contribution in [-0.2, 0) is 0 Å². The summed E-state index contributed by atoms with van der Waals surface area (Å²) in [6.45, 7) is 0. The van der Waals surface area contributed by atoms with Gasteiger partial charge in [0, 0.05) is 15.1 Å². The number of halogens is 2. The van der Waals surface area contributed by atoms with E-state index in [1.165, 1.54) is 54.2 Å². The Balaban J connectivity index is 1.61. The first-order valence-corrected chi connectivity index (χ1v) is 14.7. The lowest BCUT2D eigenvalue weighted by atomic mass is 9.79. The molecule has 0 fully saturated rings. The Labute approximate surface area is 248 Å². The molecular weight excluding hydrogens is 690 g/mol. The molecule has 1 N–H and O–H groups in total. The van der Waals surface area contributed by atoms with E-state index >= 15 is 0 Å². The second-order valence-electron chi connectivity index (χ2n) is 9.72. The van der Waals surface area contributed by atoms with E-state index < -0.39 is 0 Å². The van der Waals surface area contributed by atoms with Crippen LogP contribution in [0.4, 0.5) is 0 Å². The molecule has 7 aromatic carbocycles. The number of hydrogen-bond donors (Lipinski definition) is 1. The van der Waals surface area contributed by atoms with E-state index in [2.05, 4.69) is 160 Å². The largest absolute Gasteiger partial charge is 0.507 e. The van der Waals surface area contributed by atoms with Crippen LogP contribution in [0.1, 0.15) is 22.6 Å². The average molecular weight is 712 g/mol. The zero-order valence-electron chi connectivity index (χ0n) is 20.3. The van der Waals surface area contributed by atoms with Crippen LogP contribution in [0, 0.1) is 7.14 Å². The van der Waals surface area contributed by atoms with Crippen LogP contribution in [0.5, 0.6) is 5.75 Å². The first kappa shape index (κ1) is 23.9. The lowest BCUT2D eigenvalue weighted by Crippen LogP contribution is -2.07. The fourth-order valence-electron chi connectivity index (χ4n) is 5.94. The zero-order valence-corrected chi connectivity index (χ0v) is 24.6. The van der Waals surface area contributed by atoms with Gasteiger partial charge in [-0.15, -0.1) is 0 Å². The van der Waals surface area contributed by atoms with Crippen molar-refractivity contribution in [3.8, 4) is 5.75 Å². The van der Waals surface area contributed by atoms with Gasteiger partial charge in [-0.2, -0.15) is 0 Å². The Bertz CT molecular complexity index is 1910. The molecule has 0 atom stereocenters. The van der Waals surface area contributed by atoms with Gasteiger partial charge >= 0.3 is 0 Å². The predicted octanol–water partition coefficient (Wildman–Crippen LogP) is 10.4. The molecule has 1 nitrogen and oxygen atoms in total. The van der Waals surface area contributed by atoms with Gasteiger partial charge in [0.1, 0.15) is 5.75 Å². The normalized spacial score (nSPS) is 11.8. The summed E-state index contributed by atoms with van der Waals surface area (Å²) in [5.74, 6) is 0.208. The fraction of sp³-hybridized carbons (Fsp3) is 0.0286. The third kappa shape index (κ3) is 3.86. The minimum Gasteiger partial charge on any atom is -0.507 e. The third-order valence-electron chi connectivity index (χ3n) is 7.63. The molecule has 0 unspecified atom stereocenters. The van der Waals surface area contributed by atoms with Gasteiger partial charge in [0.25, 0.3) is 0 Å². The molecule has 0 heterocycles. The van der Waals surface area contributed by atoms with Gasteiger partial charge in [0.05, 0.1) is 3.57 Å². The Morgan fingerprint density at radius 2 is 0.947 bits per heavy atom. The van der Waals surface area contributed by atoms with E-state index in [1.807, 2.05) is 6.07 Å². The molecule has 0 bridgehead atoms. The quantitative estimate of drug-likeness (QED) is 0.110. The number of rotatable bonds is 3. The molecule has 0 aliphatic carbocycles. The summed E-state index contributed by atoms with van der Waals surface area (Å²) in [5.41, 5.74) is 3.33. The van der Waals surface area contributed by atoms with E-state index in [9.17, 15) is 5.11 Å². The SMILES string of the molecule is Oc1c(I)cc(I)cc1C(c1cccc2c1ccc1ccccc12)c1cccc2c1ccc1ccccc12. The summed E-state index contributed by atoms with van der Waals surface area (Å²) < 4.78 is 1.98. The number of benzene rings is 7. The summed E-state index contributed by atoms with van der Waals surface area (Å²) in [6, 6.07) is 43.4. The highest BCUT2D eigenvalue weighted by atomic mass is 127. The van der Waals surface area contributed by atoms with Gasteiger partial charge < -0.3 is 5.11 Å². The van der Waals surface area contributed by atoms with Crippen molar-refractivity contribution in [3.05, 3.63) is 145 Å². The van der Waals surface area contributed by atoms with Crippen molar-refractivity contribution >= 4 is 88.3 Å². The molecular formula is C35H22I2O. The molecule has 0 radical (unpaired) electrons. The average Bonchev–Trinajstić information content (AvgIpc) is 2.95. The van der Waals surface area contributed by atoms with Crippen molar-refractivity contribution in [1.29, 1.82) is 0 Å². The van der Waals surface area contributed by atoms with Crippen molar-refractivity contribution in [2.45, 2.75) is 5.92 Å². The van der Waals surface area contributed by atoms with Crippen LogP contribution in [0.15, 0.2) is 121 Å². The molecule has 0 spiro atoms. The van der Waals surface area contributed by atoms with Gasteiger partial charge in [0.15, 0.2) is 0 Å². The van der Waals surface area contributed by atoms with Crippen LogP contribution in [0.25, 0.3) is 43.1 Å². The maximum Gasteiger partial charge on any atom is 0.133 e. The number of phenols is 1. The third-order valence-corrected chi connectivity index (χ3v) is 9.08. The van der Waals surface area contributed by atoms with E-state index in [4.69, 9.17) is 0 Å². The molecule has 0 aromatic heterocycles. The standard InChI is InChI=1S/C35H22I2O/c36-23-19-32(35(38)33(37)20-23)34(30-13-5-11-26-24-9-3-1-7-21(24)15-17-28(26)30)31-14-6-12-27-25-10-4-2-8-22(25)16-18-29(27)31/h1-20,34,38H. The Morgan fingerprint density at radius 3 is 1.50 bits per heavy atom. The van der Waals surface area contributed by atoms with Gasteiger partial charge in [0.2, 0.25) is 0 Å². The molecule has 0 saturated carbocycles. The second kappa shape index (κ2) is 9.54. The molecule has 3 heteroatoms. The number of hydrogen-bond acceptors (Lipinski definition) is 1. The van der Waals surface area contributed by atoms with Crippen LogP contribution in [0.3, 0.4) is 0 Å². The summed E-state index contributed by atoms with van der Waals surface area (Å²) in [6.07, 6.45) is 0. The highest BCUT2D eigenvalue weighted by Crippen LogP contribution is 2.45. The van der Waals surface area contributed by atoms with Gasteiger partial charge in [-0.25, -0.2) is 0 Å². The smallest absolute Gasteiger partial charge is 0.133 e. The number of phenolic OH excluding ortho intramolecular Hbond substituents is 1. The van der Waals surface area contributed by atoms with Crippen LogP contribution < -0.4 is 0 Å². The summed E-state index contributed by atoms with van der Waals surface area (Å²) >= 11 is 4.61. The van der Waals surface area contributed by atoms with E-state index in [0.717, 1.165) is 12.7 Å². The van der Waals surface area contributed by atoms with Crippen molar-refractivity contribution in [3.63, 3.8) is 0 Å². The Hall–Kier alpha value is -3.16. The van der Waals surface area contributed by atoms with E-state index in [0.29, 0.717) is 5.75 Å². The maximum atomic E-state index is 11.5. The topological polar surface area (TPSA) is 20.2 Å². The first-order valence-electron chi connectivity index (χ1n) is 12.6. The highest BCUT2D eigenvalue weighted by molar-refractivity contribution is 14.1. The fourth-order valence-corrected chi connectivity index (χ4v) is 7.83. The van der Waals surface area contributed by atoms with Gasteiger partial charge in [-0.1, -0.05) is 109 Å². The Kier molecular flexibility index (Phi) is 6.01. The van der Waals surface area contributed by atoms with Gasteiger partial charge in [-0.05, 0) is 112 Å². The lowest BCUT2D eigenvalue weighted by molar-refractivity contribution is 0.463. The minimum absolute atomic E-state index is 0.145. The minimum atomic E-state index is -0.145. The van der Waals surface area contributed by atoms with Crippen molar-refractivity contribution in [1.82, 2.24) is 0 Å². The van der Waals surface area contributed by atoms with Crippen LogP contribution in [-0.4, -0.2) is 5.11 Å². The zero-order chi connectivity index (χ0) is 25.8. The second-order valence-corrected chi connectivity index (χ2v) is 12.1. The monoisotopic (exact) mass is 712 g/mol. The summed E-state index contributed by atoms with van der Waals surface area (Å²) in [4.78, 5) is 0. The van der Waals surface area contributed by atoms with Crippen molar-refractivity contribution < 1.29 is 5.11 Å². The van der Waals surface area contributed by atoms with Crippen molar-refractivity contribution in [2.24, 2.45) is 0 Å².